The number of benzene rings is 1. The van der Waals surface area contributed by atoms with Crippen LogP contribution in [-0.2, 0) is 0 Å². The van der Waals surface area contributed by atoms with E-state index in [1.165, 1.54) is 57.8 Å². The summed E-state index contributed by atoms with van der Waals surface area (Å²) in [5.41, 5.74) is 0.699. The van der Waals surface area contributed by atoms with Crippen molar-refractivity contribution in [3.63, 3.8) is 0 Å². The van der Waals surface area contributed by atoms with Crippen molar-refractivity contribution < 1.29 is 4.39 Å². The van der Waals surface area contributed by atoms with Gasteiger partial charge in [0.2, 0.25) is 0 Å². The maximum absolute atomic E-state index is 14.1. The zero-order valence-corrected chi connectivity index (χ0v) is 21.2. The third-order valence-corrected chi connectivity index (χ3v) is 9.81. The fourth-order valence-electron chi connectivity index (χ4n) is 8.46. The van der Waals surface area contributed by atoms with Crippen LogP contribution in [0.5, 0.6) is 0 Å². The second-order valence-electron chi connectivity index (χ2n) is 12.0. The largest absolute Gasteiger partial charge is 0.326 e. The molecule has 2 saturated carbocycles. The summed E-state index contributed by atoms with van der Waals surface area (Å²) in [6.45, 7) is 0. The van der Waals surface area contributed by atoms with Gasteiger partial charge in [-0.2, -0.15) is 0 Å². The first-order valence-corrected chi connectivity index (χ1v) is 14.2. The van der Waals surface area contributed by atoms with Gasteiger partial charge in [-0.1, -0.05) is 37.8 Å². The molecule has 2 aliphatic heterocycles. The maximum Gasteiger partial charge on any atom is 0.278 e. The molecule has 0 radical (unpaired) electrons. The third kappa shape index (κ3) is 4.06. The molecule has 6 nitrogen and oxygen atoms in total. The van der Waals surface area contributed by atoms with Crippen LogP contribution < -0.4 is 11.1 Å². The first-order chi connectivity index (χ1) is 18.0. The number of hydrogen-bond donors (Lipinski definition) is 1. The predicted molar refractivity (Wildman–Crippen MR) is 142 cm³/mol. The number of H-pyrrole nitrogens is 1. The first-order valence-electron chi connectivity index (χ1n) is 14.2. The van der Waals surface area contributed by atoms with Crippen LogP contribution >= 0.6 is 0 Å². The predicted octanol–water partition coefficient (Wildman–Crippen LogP) is 5.42. The molecular weight excluding hydrogens is 467 g/mol. The molecule has 0 spiro atoms. The second-order valence-corrected chi connectivity index (χ2v) is 12.0. The molecule has 4 aliphatic rings. The molecule has 4 heterocycles. The minimum Gasteiger partial charge on any atom is -0.326 e. The molecule has 0 amide bonds. The van der Waals surface area contributed by atoms with Gasteiger partial charge in [-0.3, -0.25) is 14.5 Å². The van der Waals surface area contributed by atoms with Crippen molar-refractivity contribution in [2.24, 2.45) is 11.8 Å². The van der Waals surface area contributed by atoms with Gasteiger partial charge in [-0.05, 0) is 75.0 Å². The molecule has 4 fully saturated rings. The van der Waals surface area contributed by atoms with Crippen LogP contribution in [0, 0.1) is 17.7 Å². The molecule has 7 heteroatoms. The molecular formula is C30H35FN4O2. The molecule has 7 rings (SSSR count). The van der Waals surface area contributed by atoms with Gasteiger partial charge in [0.25, 0.3) is 11.1 Å². The van der Waals surface area contributed by atoms with Gasteiger partial charge in [0, 0.05) is 30.4 Å². The SMILES string of the molecule is O=c1[nH]cc(F)cc1-c1nc2ccccc2n(C2C[C@H]3CCC[C@@H](C2)N3C2C[C@H]3CCC[C@@H](C2)C3)c1=O. The minimum atomic E-state index is -0.587. The van der Waals surface area contributed by atoms with E-state index in [0.29, 0.717) is 23.6 Å². The van der Waals surface area contributed by atoms with E-state index in [0.717, 1.165) is 42.5 Å². The monoisotopic (exact) mass is 502 g/mol. The Labute approximate surface area is 215 Å². The molecule has 2 aliphatic carbocycles. The fourth-order valence-corrected chi connectivity index (χ4v) is 8.46. The van der Waals surface area contributed by atoms with Crippen molar-refractivity contribution in [1.29, 1.82) is 0 Å². The number of nitrogens with zero attached hydrogens (tertiary/aromatic N) is 3. The molecule has 2 unspecified atom stereocenters. The number of rotatable bonds is 3. The Balaban J connectivity index is 1.28. The zero-order chi connectivity index (χ0) is 25.1. The molecule has 4 bridgehead atoms. The van der Waals surface area contributed by atoms with Crippen LogP contribution in [0.15, 0.2) is 46.1 Å². The molecule has 194 valence electrons. The van der Waals surface area contributed by atoms with Crippen molar-refractivity contribution in [2.75, 3.05) is 0 Å². The van der Waals surface area contributed by atoms with Gasteiger partial charge in [0.1, 0.15) is 11.5 Å². The number of piperidine rings is 2. The van der Waals surface area contributed by atoms with E-state index in [2.05, 4.69) is 14.9 Å². The van der Waals surface area contributed by atoms with Gasteiger partial charge in [0.15, 0.2) is 0 Å². The fraction of sp³-hybridized carbons (Fsp3) is 0.567. The maximum atomic E-state index is 14.1. The number of fused-ring (bicyclic) bond motifs is 5. The summed E-state index contributed by atoms with van der Waals surface area (Å²) in [7, 11) is 0. The number of nitrogens with one attached hydrogen (secondary N) is 1. The van der Waals surface area contributed by atoms with E-state index < -0.39 is 11.4 Å². The quantitative estimate of drug-likeness (QED) is 0.519. The van der Waals surface area contributed by atoms with Crippen molar-refractivity contribution in [1.82, 2.24) is 19.4 Å². The topological polar surface area (TPSA) is 71.0 Å². The van der Waals surface area contributed by atoms with Gasteiger partial charge in [-0.15, -0.1) is 0 Å². The van der Waals surface area contributed by atoms with Crippen molar-refractivity contribution in [3.05, 3.63) is 63.1 Å². The summed E-state index contributed by atoms with van der Waals surface area (Å²) in [4.78, 5) is 36.4. The van der Waals surface area contributed by atoms with Crippen molar-refractivity contribution in [2.45, 2.75) is 94.8 Å². The van der Waals surface area contributed by atoms with Crippen molar-refractivity contribution in [3.8, 4) is 11.3 Å². The first kappa shape index (κ1) is 23.3. The van der Waals surface area contributed by atoms with Crippen LogP contribution in [-0.4, -0.2) is 37.6 Å². The smallest absolute Gasteiger partial charge is 0.278 e. The summed E-state index contributed by atoms with van der Waals surface area (Å²) >= 11 is 0. The number of halogens is 1. The highest BCUT2D eigenvalue weighted by Crippen LogP contribution is 2.47. The third-order valence-electron chi connectivity index (χ3n) is 9.81. The molecule has 1 N–H and O–H groups in total. The van der Waals surface area contributed by atoms with Crippen LogP contribution in [0.3, 0.4) is 0 Å². The second kappa shape index (κ2) is 9.19. The van der Waals surface area contributed by atoms with Gasteiger partial charge < -0.3 is 9.55 Å². The zero-order valence-electron chi connectivity index (χ0n) is 21.2. The number of para-hydroxylation sites is 2. The lowest BCUT2D eigenvalue weighted by Gasteiger charge is -2.55. The Kier molecular flexibility index (Phi) is 5.79. The Hall–Kier alpha value is -2.80. The van der Waals surface area contributed by atoms with Crippen LogP contribution in [0.4, 0.5) is 4.39 Å². The summed E-state index contributed by atoms with van der Waals surface area (Å²) in [6.07, 6.45) is 14.9. The van der Waals surface area contributed by atoms with Gasteiger partial charge >= 0.3 is 0 Å². The lowest BCUT2D eigenvalue weighted by molar-refractivity contribution is -0.0485. The van der Waals surface area contributed by atoms with E-state index >= 15 is 0 Å². The number of aromatic amines is 1. The molecule has 2 aromatic heterocycles. The van der Waals surface area contributed by atoms with E-state index in [4.69, 9.17) is 0 Å². The molecule has 3 aromatic rings. The summed E-state index contributed by atoms with van der Waals surface area (Å²) in [6, 6.07) is 10.5. The Morgan fingerprint density at radius 3 is 2.30 bits per heavy atom. The summed E-state index contributed by atoms with van der Waals surface area (Å²) in [5.74, 6) is 1.21. The summed E-state index contributed by atoms with van der Waals surface area (Å²) in [5, 5.41) is 0. The van der Waals surface area contributed by atoms with Crippen LogP contribution in [0.2, 0.25) is 0 Å². The molecule has 2 saturated heterocycles. The van der Waals surface area contributed by atoms with Crippen LogP contribution in [0.1, 0.15) is 76.7 Å². The number of hydrogen-bond acceptors (Lipinski definition) is 4. The van der Waals surface area contributed by atoms with Crippen LogP contribution in [0.25, 0.3) is 22.3 Å². The highest BCUT2D eigenvalue weighted by Gasteiger charge is 2.45. The van der Waals surface area contributed by atoms with E-state index in [1.54, 1.807) is 0 Å². The standard InChI is InChI=1S/C30H35FN4O2/c31-20-14-25(29(36)32-17-20)28-30(37)35(27-10-2-1-9-26(27)33-28)24-15-21-7-4-8-22(16-24)34(21)23-12-18-5-3-6-19(11-18)13-23/h1-2,9-10,14,17-19,21-24H,3-8,11-13,15-16H2,(H,32,36)/t18-,19+,21-,22+,23?,24?. The highest BCUT2D eigenvalue weighted by atomic mass is 19.1. The number of aromatic nitrogens is 3. The van der Waals surface area contributed by atoms with Gasteiger partial charge in [-0.25, -0.2) is 9.37 Å². The Bertz CT molecular complexity index is 1420. The Morgan fingerprint density at radius 2 is 1.54 bits per heavy atom. The Morgan fingerprint density at radius 1 is 0.838 bits per heavy atom. The lowest BCUT2D eigenvalue weighted by atomic mass is 9.68. The summed E-state index contributed by atoms with van der Waals surface area (Å²) < 4.78 is 16.0. The van der Waals surface area contributed by atoms with E-state index in [1.807, 2.05) is 28.8 Å². The van der Waals surface area contributed by atoms with E-state index in [-0.39, 0.29) is 22.9 Å². The van der Waals surface area contributed by atoms with Gasteiger partial charge in [0.05, 0.1) is 16.6 Å². The highest BCUT2D eigenvalue weighted by molar-refractivity contribution is 5.77. The minimum absolute atomic E-state index is 0.00382. The van der Waals surface area contributed by atoms with Crippen molar-refractivity contribution >= 4 is 11.0 Å². The van der Waals surface area contributed by atoms with E-state index in [9.17, 15) is 14.0 Å². The lowest BCUT2D eigenvalue weighted by Crippen LogP contribution is -2.58. The number of pyridine rings is 1. The average Bonchev–Trinajstić information content (AvgIpc) is 2.89. The normalized spacial score (nSPS) is 31.9. The molecule has 6 atom stereocenters. The molecule has 1 aromatic carbocycles. The molecule has 37 heavy (non-hydrogen) atoms. The average molecular weight is 503 g/mol.